The molecule has 0 aliphatic heterocycles. The SMILES string of the molecule is O=C(c1cc(Cl)cc(Cl)c1)C(O)(O)C(F)(F)F. The van der Waals surface area contributed by atoms with E-state index in [1.807, 2.05) is 0 Å². The molecule has 0 amide bonds. The van der Waals surface area contributed by atoms with Crippen molar-refractivity contribution in [2.45, 2.75) is 12.0 Å². The van der Waals surface area contributed by atoms with Gasteiger partial charge in [0.1, 0.15) is 0 Å². The lowest BCUT2D eigenvalue weighted by Crippen LogP contribution is -2.52. The van der Waals surface area contributed by atoms with Crippen LogP contribution in [0.15, 0.2) is 18.2 Å². The first-order valence-electron chi connectivity index (χ1n) is 4.08. The van der Waals surface area contributed by atoms with Gasteiger partial charge in [0.2, 0.25) is 5.78 Å². The van der Waals surface area contributed by atoms with Crippen molar-refractivity contribution in [3.63, 3.8) is 0 Å². The summed E-state index contributed by atoms with van der Waals surface area (Å²) in [4.78, 5) is 11.3. The quantitative estimate of drug-likeness (QED) is 0.649. The maximum atomic E-state index is 12.2. The van der Waals surface area contributed by atoms with Crippen molar-refractivity contribution < 1.29 is 28.2 Å². The van der Waals surface area contributed by atoms with Crippen molar-refractivity contribution in [3.05, 3.63) is 33.8 Å². The molecule has 0 radical (unpaired) electrons. The van der Waals surface area contributed by atoms with E-state index >= 15 is 0 Å². The molecule has 0 aromatic heterocycles. The molecule has 3 nitrogen and oxygen atoms in total. The normalized spacial score (nSPS) is 12.6. The van der Waals surface area contributed by atoms with Crippen LogP contribution in [0.1, 0.15) is 10.4 Å². The van der Waals surface area contributed by atoms with Crippen LogP contribution in [0, 0.1) is 0 Å². The van der Waals surface area contributed by atoms with Gasteiger partial charge in [0.25, 0.3) is 0 Å². The molecule has 0 saturated heterocycles. The highest BCUT2D eigenvalue weighted by Gasteiger charge is 2.58. The van der Waals surface area contributed by atoms with E-state index in [2.05, 4.69) is 0 Å². The lowest BCUT2D eigenvalue weighted by molar-refractivity contribution is -0.318. The minimum absolute atomic E-state index is 0.0983. The van der Waals surface area contributed by atoms with Crippen LogP contribution in [0.5, 0.6) is 0 Å². The van der Waals surface area contributed by atoms with E-state index in [1.54, 1.807) is 0 Å². The zero-order chi connectivity index (χ0) is 13.4. The second-order valence-electron chi connectivity index (χ2n) is 3.16. The van der Waals surface area contributed by atoms with Gasteiger partial charge >= 0.3 is 12.0 Å². The minimum atomic E-state index is -5.52. The Hall–Kier alpha value is -0.820. The average Bonchev–Trinajstić information content (AvgIpc) is 2.13. The summed E-state index contributed by atoms with van der Waals surface area (Å²) in [5, 5.41) is 17.3. The van der Waals surface area contributed by atoms with Crippen LogP contribution in [0.4, 0.5) is 13.2 Å². The standard InChI is InChI=1S/C9H5Cl2F3O3/c10-5-1-4(2-6(11)3-5)7(15)8(16,17)9(12,13)14/h1-3,16-17H. The van der Waals surface area contributed by atoms with Gasteiger partial charge in [-0.15, -0.1) is 0 Å². The summed E-state index contributed by atoms with van der Waals surface area (Å²) in [6, 6.07) is 2.88. The van der Waals surface area contributed by atoms with Gasteiger partial charge in [-0.3, -0.25) is 4.79 Å². The van der Waals surface area contributed by atoms with Crippen molar-refractivity contribution in [3.8, 4) is 0 Å². The largest absolute Gasteiger partial charge is 0.451 e. The molecule has 1 aromatic carbocycles. The van der Waals surface area contributed by atoms with E-state index in [1.165, 1.54) is 6.07 Å². The Morgan fingerprint density at radius 3 is 1.82 bits per heavy atom. The number of hydrogen-bond acceptors (Lipinski definition) is 3. The molecule has 94 valence electrons. The zero-order valence-corrected chi connectivity index (χ0v) is 9.44. The van der Waals surface area contributed by atoms with Gasteiger partial charge in [0.05, 0.1) is 0 Å². The Bertz CT molecular complexity index is 437. The van der Waals surface area contributed by atoms with Gasteiger partial charge in [-0.2, -0.15) is 13.2 Å². The van der Waals surface area contributed by atoms with E-state index in [4.69, 9.17) is 33.4 Å². The molecule has 0 bridgehead atoms. The Kier molecular flexibility index (Phi) is 3.73. The number of carbonyl (C=O) groups is 1. The molecular formula is C9H5Cl2F3O3. The van der Waals surface area contributed by atoms with Crippen LogP contribution >= 0.6 is 23.2 Å². The second kappa shape index (κ2) is 4.45. The number of rotatable bonds is 2. The van der Waals surface area contributed by atoms with E-state index in [0.29, 0.717) is 0 Å². The summed E-state index contributed by atoms with van der Waals surface area (Å²) in [6.07, 6.45) is -5.52. The van der Waals surface area contributed by atoms with Crippen LogP contribution in [-0.4, -0.2) is 28.0 Å². The predicted octanol–water partition coefficient (Wildman–Crippen LogP) is 2.42. The highest BCUT2D eigenvalue weighted by atomic mass is 35.5. The molecular weight excluding hydrogens is 284 g/mol. The number of hydrogen-bond donors (Lipinski definition) is 2. The van der Waals surface area contributed by atoms with Crippen molar-refractivity contribution in [1.82, 2.24) is 0 Å². The maximum absolute atomic E-state index is 12.2. The molecule has 0 saturated carbocycles. The fraction of sp³-hybridized carbons (Fsp3) is 0.222. The van der Waals surface area contributed by atoms with Crippen molar-refractivity contribution >= 4 is 29.0 Å². The summed E-state index contributed by atoms with van der Waals surface area (Å²) in [5.41, 5.74) is -0.648. The molecule has 0 aliphatic carbocycles. The number of halogens is 5. The molecule has 0 fully saturated rings. The van der Waals surface area contributed by atoms with Crippen LogP contribution < -0.4 is 0 Å². The fourth-order valence-corrected chi connectivity index (χ4v) is 1.54. The molecule has 0 spiro atoms. The van der Waals surface area contributed by atoms with Crippen LogP contribution in [0.2, 0.25) is 10.0 Å². The van der Waals surface area contributed by atoms with E-state index in [0.717, 1.165) is 12.1 Å². The Balaban J connectivity index is 3.21. The number of alkyl halides is 3. The Morgan fingerprint density at radius 1 is 1.06 bits per heavy atom. The van der Waals surface area contributed by atoms with Gasteiger partial charge in [0.15, 0.2) is 0 Å². The summed E-state index contributed by atoms with van der Waals surface area (Å²) in [5.74, 6) is -6.42. The smallest absolute Gasteiger partial charge is 0.352 e. The first-order valence-corrected chi connectivity index (χ1v) is 4.83. The number of carbonyl (C=O) groups excluding carboxylic acids is 1. The number of Topliss-reactive ketones (excluding diaryl/α,β-unsaturated/α-hetero) is 1. The van der Waals surface area contributed by atoms with Crippen LogP contribution in [-0.2, 0) is 0 Å². The fourth-order valence-electron chi connectivity index (χ4n) is 1.01. The molecule has 0 unspecified atom stereocenters. The van der Waals surface area contributed by atoms with Gasteiger partial charge in [-0.05, 0) is 18.2 Å². The lowest BCUT2D eigenvalue weighted by Gasteiger charge is -2.22. The monoisotopic (exact) mass is 288 g/mol. The van der Waals surface area contributed by atoms with Gasteiger partial charge in [0, 0.05) is 15.6 Å². The Labute approximate surface area is 103 Å². The molecule has 0 atom stereocenters. The molecule has 1 rings (SSSR count). The van der Waals surface area contributed by atoms with Crippen molar-refractivity contribution in [2.75, 3.05) is 0 Å². The third-order valence-electron chi connectivity index (χ3n) is 1.84. The molecule has 2 N–H and O–H groups in total. The Morgan fingerprint density at radius 2 is 1.47 bits per heavy atom. The lowest BCUT2D eigenvalue weighted by atomic mass is 10.0. The molecule has 17 heavy (non-hydrogen) atoms. The highest BCUT2D eigenvalue weighted by Crippen LogP contribution is 2.32. The highest BCUT2D eigenvalue weighted by molar-refractivity contribution is 6.35. The molecule has 0 heterocycles. The molecule has 8 heteroatoms. The van der Waals surface area contributed by atoms with Crippen LogP contribution in [0.25, 0.3) is 0 Å². The molecule has 1 aromatic rings. The van der Waals surface area contributed by atoms with E-state index in [9.17, 15) is 18.0 Å². The summed E-state index contributed by atoms with van der Waals surface area (Å²) < 4.78 is 36.6. The number of aliphatic hydroxyl groups is 2. The van der Waals surface area contributed by atoms with Crippen molar-refractivity contribution in [1.29, 1.82) is 0 Å². The second-order valence-corrected chi connectivity index (χ2v) is 4.03. The minimum Gasteiger partial charge on any atom is -0.352 e. The number of benzene rings is 1. The van der Waals surface area contributed by atoms with E-state index < -0.39 is 23.3 Å². The summed E-state index contributed by atoms with van der Waals surface area (Å²) in [7, 11) is 0. The van der Waals surface area contributed by atoms with Crippen molar-refractivity contribution in [2.24, 2.45) is 0 Å². The average molecular weight is 289 g/mol. The first-order chi connectivity index (χ1) is 7.55. The third kappa shape index (κ3) is 2.90. The van der Waals surface area contributed by atoms with Gasteiger partial charge < -0.3 is 10.2 Å². The predicted molar refractivity (Wildman–Crippen MR) is 54.0 cm³/mol. The van der Waals surface area contributed by atoms with Gasteiger partial charge in [-0.25, -0.2) is 0 Å². The third-order valence-corrected chi connectivity index (χ3v) is 2.27. The first kappa shape index (κ1) is 14.2. The van der Waals surface area contributed by atoms with Crippen LogP contribution in [0.3, 0.4) is 0 Å². The number of ketones is 1. The maximum Gasteiger partial charge on any atom is 0.451 e. The van der Waals surface area contributed by atoms with Gasteiger partial charge in [-0.1, -0.05) is 23.2 Å². The topological polar surface area (TPSA) is 57.5 Å². The van der Waals surface area contributed by atoms with E-state index in [-0.39, 0.29) is 10.0 Å². The summed E-state index contributed by atoms with van der Waals surface area (Å²) in [6.45, 7) is 0. The zero-order valence-electron chi connectivity index (χ0n) is 7.92. The molecule has 0 aliphatic rings. The summed E-state index contributed by atoms with van der Waals surface area (Å²) >= 11 is 11.0.